The van der Waals surface area contributed by atoms with Gasteiger partial charge in [-0.1, -0.05) is 11.6 Å². The van der Waals surface area contributed by atoms with E-state index in [1.165, 1.54) is 6.20 Å². The van der Waals surface area contributed by atoms with E-state index in [0.717, 1.165) is 18.8 Å². The number of aromatic nitrogens is 2. The maximum absolute atomic E-state index is 12.3. The van der Waals surface area contributed by atoms with Crippen LogP contribution in [0.5, 0.6) is 11.5 Å². The highest BCUT2D eigenvalue weighted by atomic mass is 35.5. The lowest BCUT2D eigenvalue weighted by Crippen LogP contribution is -2.30. The minimum atomic E-state index is -0.357. The predicted octanol–water partition coefficient (Wildman–Crippen LogP) is 2.79. The minimum Gasteiger partial charge on any atom is -0.497 e. The summed E-state index contributed by atoms with van der Waals surface area (Å²) in [6.45, 7) is 6.13. The number of carbonyl (C=O) groups is 1. The molecule has 1 amide bonds. The number of rotatable bonds is 9. The average molecular weight is 379 g/mol. The van der Waals surface area contributed by atoms with Crippen molar-refractivity contribution in [3.63, 3.8) is 0 Å². The second-order valence-electron chi connectivity index (χ2n) is 5.32. The topological polar surface area (TPSA) is 76.6 Å². The van der Waals surface area contributed by atoms with Crippen molar-refractivity contribution in [3.05, 3.63) is 41.2 Å². The second kappa shape index (κ2) is 9.82. The first kappa shape index (κ1) is 19.8. The molecule has 2 aromatic rings. The standard InChI is InChI=1S/C18H23ClN4O3/c1-4-23(5-2)18-21-12-15(19)16(22-18)17(24)20-10-11-26-14-8-6-13(25-3)7-9-14/h6-9,12H,4-5,10-11H2,1-3H3,(H,20,24). The Morgan fingerprint density at radius 3 is 2.46 bits per heavy atom. The second-order valence-corrected chi connectivity index (χ2v) is 5.73. The lowest BCUT2D eigenvalue weighted by atomic mass is 10.3. The lowest BCUT2D eigenvalue weighted by Gasteiger charge is -2.19. The predicted molar refractivity (Wildman–Crippen MR) is 101 cm³/mol. The number of anilines is 1. The van der Waals surface area contributed by atoms with Gasteiger partial charge < -0.3 is 19.7 Å². The zero-order chi connectivity index (χ0) is 18.9. The fraction of sp³-hybridized carbons (Fsp3) is 0.389. The van der Waals surface area contributed by atoms with Crippen molar-refractivity contribution in [1.82, 2.24) is 15.3 Å². The number of carbonyl (C=O) groups excluding carboxylic acids is 1. The van der Waals surface area contributed by atoms with Crippen molar-refractivity contribution in [3.8, 4) is 11.5 Å². The van der Waals surface area contributed by atoms with Crippen LogP contribution >= 0.6 is 11.6 Å². The van der Waals surface area contributed by atoms with E-state index in [4.69, 9.17) is 21.1 Å². The van der Waals surface area contributed by atoms with Gasteiger partial charge in [0.05, 0.1) is 24.9 Å². The molecule has 1 heterocycles. The van der Waals surface area contributed by atoms with Crippen molar-refractivity contribution in [1.29, 1.82) is 0 Å². The maximum Gasteiger partial charge on any atom is 0.271 e. The molecule has 7 nitrogen and oxygen atoms in total. The van der Waals surface area contributed by atoms with Crippen molar-refractivity contribution < 1.29 is 14.3 Å². The molecule has 2 rings (SSSR count). The number of hydrogen-bond acceptors (Lipinski definition) is 6. The summed E-state index contributed by atoms with van der Waals surface area (Å²) in [5.41, 5.74) is 0.160. The smallest absolute Gasteiger partial charge is 0.271 e. The summed E-state index contributed by atoms with van der Waals surface area (Å²) in [5.74, 6) is 1.58. The Morgan fingerprint density at radius 1 is 1.19 bits per heavy atom. The highest BCUT2D eigenvalue weighted by Crippen LogP contribution is 2.17. The Labute approximate surface area is 158 Å². The number of nitrogens with one attached hydrogen (secondary N) is 1. The average Bonchev–Trinajstić information content (AvgIpc) is 2.67. The molecule has 1 aromatic carbocycles. The molecule has 0 aliphatic heterocycles. The Hall–Kier alpha value is -2.54. The fourth-order valence-corrected chi connectivity index (χ4v) is 2.44. The van der Waals surface area contributed by atoms with Gasteiger partial charge in [0.1, 0.15) is 18.1 Å². The van der Waals surface area contributed by atoms with Gasteiger partial charge in [-0.3, -0.25) is 4.79 Å². The van der Waals surface area contributed by atoms with Crippen LogP contribution in [-0.4, -0.2) is 49.2 Å². The van der Waals surface area contributed by atoms with E-state index in [1.807, 2.05) is 30.9 Å². The van der Waals surface area contributed by atoms with Gasteiger partial charge in [0, 0.05) is 13.1 Å². The third-order valence-corrected chi connectivity index (χ3v) is 3.99. The summed E-state index contributed by atoms with van der Waals surface area (Å²) in [6, 6.07) is 7.23. The number of halogens is 1. The van der Waals surface area contributed by atoms with Crippen LogP contribution in [0.3, 0.4) is 0 Å². The van der Waals surface area contributed by atoms with E-state index >= 15 is 0 Å². The third kappa shape index (κ3) is 5.23. The number of hydrogen-bond donors (Lipinski definition) is 1. The molecule has 0 atom stereocenters. The highest BCUT2D eigenvalue weighted by Gasteiger charge is 2.16. The van der Waals surface area contributed by atoms with Crippen molar-refractivity contribution in [2.24, 2.45) is 0 Å². The first-order chi connectivity index (χ1) is 12.6. The van der Waals surface area contributed by atoms with E-state index in [0.29, 0.717) is 24.8 Å². The van der Waals surface area contributed by atoms with Gasteiger partial charge >= 0.3 is 0 Å². The number of ether oxygens (including phenoxy) is 2. The zero-order valence-electron chi connectivity index (χ0n) is 15.2. The van der Waals surface area contributed by atoms with Crippen LogP contribution in [-0.2, 0) is 0 Å². The molecule has 0 radical (unpaired) electrons. The molecule has 26 heavy (non-hydrogen) atoms. The highest BCUT2D eigenvalue weighted by molar-refractivity contribution is 6.33. The molecular weight excluding hydrogens is 356 g/mol. The largest absolute Gasteiger partial charge is 0.497 e. The van der Waals surface area contributed by atoms with Crippen molar-refractivity contribution in [2.45, 2.75) is 13.8 Å². The molecule has 0 saturated heterocycles. The Balaban J connectivity index is 1.89. The number of amides is 1. The molecule has 0 saturated carbocycles. The maximum atomic E-state index is 12.3. The summed E-state index contributed by atoms with van der Waals surface area (Å²) < 4.78 is 10.7. The molecule has 0 bridgehead atoms. The molecule has 1 N–H and O–H groups in total. The zero-order valence-corrected chi connectivity index (χ0v) is 15.9. The van der Waals surface area contributed by atoms with E-state index < -0.39 is 0 Å². The molecule has 0 fully saturated rings. The molecular formula is C18H23ClN4O3. The van der Waals surface area contributed by atoms with Crippen molar-refractivity contribution >= 4 is 23.5 Å². The van der Waals surface area contributed by atoms with Crippen LogP contribution in [0, 0.1) is 0 Å². The van der Waals surface area contributed by atoms with Gasteiger partial charge in [-0.15, -0.1) is 0 Å². The molecule has 8 heteroatoms. The minimum absolute atomic E-state index is 0.160. The third-order valence-electron chi connectivity index (χ3n) is 3.71. The van der Waals surface area contributed by atoms with E-state index in [9.17, 15) is 4.79 Å². The van der Waals surface area contributed by atoms with Gasteiger partial charge in [-0.25, -0.2) is 9.97 Å². The summed E-state index contributed by atoms with van der Waals surface area (Å²) in [5, 5.41) is 2.97. The van der Waals surface area contributed by atoms with Crippen molar-refractivity contribution in [2.75, 3.05) is 38.3 Å². The van der Waals surface area contributed by atoms with Gasteiger partial charge in [0.25, 0.3) is 5.91 Å². The number of nitrogens with zero attached hydrogens (tertiary/aromatic N) is 3. The monoisotopic (exact) mass is 378 g/mol. The van der Waals surface area contributed by atoms with E-state index in [1.54, 1.807) is 19.2 Å². The summed E-state index contributed by atoms with van der Waals surface area (Å²) >= 11 is 6.07. The van der Waals surface area contributed by atoms with Crippen LogP contribution < -0.4 is 19.7 Å². The number of methoxy groups -OCH3 is 1. The Bertz CT molecular complexity index is 721. The van der Waals surface area contributed by atoms with Crippen LogP contribution in [0.2, 0.25) is 5.02 Å². The van der Waals surface area contributed by atoms with Crippen LogP contribution in [0.25, 0.3) is 0 Å². The van der Waals surface area contributed by atoms with Gasteiger partial charge in [-0.05, 0) is 38.1 Å². The Morgan fingerprint density at radius 2 is 1.85 bits per heavy atom. The molecule has 140 valence electrons. The molecule has 0 spiro atoms. The summed E-state index contributed by atoms with van der Waals surface area (Å²) in [4.78, 5) is 22.7. The number of benzene rings is 1. The SMILES string of the molecule is CCN(CC)c1ncc(Cl)c(C(=O)NCCOc2ccc(OC)cc2)n1. The Kier molecular flexibility index (Phi) is 7.47. The quantitative estimate of drug-likeness (QED) is 0.676. The van der Waals surface area contributed by atoms with Crippen LogP contribution in [0.1, 0.15) is 24.3 Å². The van der Waals surface area contributed by atoms with E-state index in [2.05, 4.69) is 15.3 Å². The first-order valence-electron chi connectivity index (χ1n) is 8.41. The lowest BCUT2D eigenvalue weighted by molar-refractivity contribution is 0.0942. The molecule has 0 unspecified atom stereocenters. The normalized spacial score (nSPS) is 10.3. The van der Waals surface area contributed by atoms with Crippen LogP contribution in [0.15, 0.2) is 30.5 Å². The van der Waals surface area contributed by atoms with Gasteiger partial charge in [0.15, 0.2) is 5.69 Å². The summed E-state index contributed by atoms with van der Waals surface area (Å²) in [7, 11) is 1.61. The summed E-state index contributed by atoms with van der Waals surface area (Å²) in [6.07, 6.45) is 1.45. The molecule has 0 aliphatic carbocycles. The van der Waals surface area contributed by atoms with E-state index in [-0.39, 0.29) is 16.6 Å². The first-order valence-corrected chi connectivity index (χ1v) is 8.79. The van der Waals surface area contributed by atoms with Crippen LogP contribution in [0.4, 0.5) is 5.95 Å². The fourth-order valence-electron chi connectivity index (χ4n) is 2.26. The molecule has 0 aliphatic rings. The molecule has 1 aromatic heterocycles. The van der Waals surface area contributed by atoms with Gasteiger partial charge in [0.2, 0.25) is 5.95 Å². The van der Waals surface area contributed by atoms with Gasteiger partial charge in [-0.2, -0.15) is 0 Å².